The van der Waals surface area contributed by atoms with Gasteiger partial charge in [-0.2, -0.15) is 0 Å². The summed E-state index contributed by atoms with van der Waals surface area (Å²) in [5.74, 6) is 0.0712. The van der Waals surface area contributed by atoms with Crippen LogP contribution in [0, 0.1) is 0 Å². The molecule has 0 aliphatic rings. The number of rotatable bonds is 2. The van der Waals surface area contributed by atoms with E-state index in [1.807, 2.05) is 30.3 Å². The Labute approximate surface area is 129 Å². The Hall–Kier alpha value is -2.40. The Bertz CT molecular complexity index is 847. The first kappa shape index (κ1) is 13.6. The molecule has 104 valence electrons. The Morgan fingerprint density at radius 3 is 2.43 bits per heavy atom. The summed E-state index contributed by atoms with van der Waals surface area (Å²) < 4.78 is 0.756. The fourth-order valence-corrected chi connectivity index (χ4v) is 2.38. The van der Waals surface area contributed by atoms with E-state index in [9.17, 15) is 10.2 Å². The monoisotopic (exact) mass is 342 g/mol. The summed E-state index contributed by atoms with van der Waals surface area (Å²) in [7, 11) is 0. The highest BCUT2D eigenvalue weighted by Gasteiger charge is 2.06. The second kappa shape index (κ2) is 5.54. The van der Waals surface area contributed by atoms with E-state index in [2.05, 4.69) is 26.2 Å². The highest BCUT2D eigenvalue weighted by atomic mass is 79.9. The van der Waals surface area contributed by atoms with Crippen LogP contribution in [0.4, 0.5) is 11.4 Å². The molecular formula is C16H11BrN2O2. The van der Waals surface area contributed by atoms with Crippen molar-refractivity contribution in [3.8, 4) is 11.5 Å². The highest BCUT2D eigenvalue weighted by Crippen LogP contribution is 2.37. The zero-order chi connectivity index (χ0) is 14.8. The van der Waals surface area contributed by atoms with Crippen LogP contribution >= 0.6 is 15.9 Å². The molecule has 0 heterocycles. The Morgan fingerprint density at radius 2 is 1.62 bits per heavy atom. The maximum Gasteiger partial charge on any atom is 0.144 e. The van der Waals surface area contributed by atoms with E-state index < -0.39 is 0 Å². The summed E-state index contributed by atoms with van der Waals surface area (Å²) in [6.07, 6.45) is 0. The number of halogens is 1. The Kier molecular flexibility index (Phi) is 3.58. The van der Waals surface area contributed by atoms with Gasteiger partial charge in [-0.05, 0) is 29.7 Å². The van der Waals surface area contributed by atoms with Gasteiger partial charge < -0.3 is 10.2 Å². The molecule has 0 aliphatic heterocycles. The van der Waals surface area contributed by atoms with Gasteiger partial charge in [0, 0.05) is 9.86 Å². The minimum atomic E-state index is 0.0212. The SMILES string of the molecule is Oc1cc(Br)ccc1N=Nc1c(O)ccc2ccccc12. The fraction of sp³-hybridized carbons (Fsp3) is 0. The molecule has 0 atom stereocenters. The third kappa shape index (κ3) is 2.73. The molecule has 21 heavy (non-hydrogen) atoms. The normalized spacial score (nSPS) is 11.3. The van der Waals surface area contributed by atoms with Crippen molar-refractivity contribution in [2.75, 3.05) is 0 Å². The number of phenols is 2. The molecule has 0 aromatic heterocycles. The van der Waals surface area contributed by atoms with Crippen molar-refractivity contribution in [3.63, 3.8) is 0 Å². The summed E-state index contributed by atoms with van der Waals surface area (Å²) in [6, 6.07) is 15.9. The van der Waals surface area contributed by atoms with Crippen LogP contribution < -0.4 is 0 Å². The van der Waals surface area contributed by atoms with Crippen LogP contribution in [-0.4, -0.2) is 10.2 Å². The van der Waals surface area contributed by atoms with E-state index in [0.29, 0.717) is 11.4 Å². The van der Waals surface area contributed by atoms with Gasteiger partial charge in [0.05, 0.1) is 0 Å². The number of phenolic OH excluding ortho intramolecular Hbond substituents is 2. The maximum absolute atomic E-state index is 9.98. The van der Waals surface area contributed by atoms with Crippen molar-refractivity contribution in [2.45, 2.75) is 0 Å². The molecule has 5 heteroatoms. The second-order valence-electron chi connectivity index (χ2n) is 4.49. The molecular weight excluding hydrogens is 332 g/mol. The third-order valence-electron chi connectivity index (χ3n) is 3.07. The minimum Gasteiger partial charge on any atom is -0.506 e. The van der Waals surface area contributed by atoms with Gasteiger partial charge in [0.1, 0.15) is 22.9 Å². The van der Waals surface area contributed by atoms with Crippen LogP contribution in [0.1, 0.15) is 0 Å². The van der Waals surface area contributed by atoms with E-state index in [1.165, 1.54) is 6.07 Å². The predicted molar refractivity (Wildman–Crippen MR) is 85.6 cm³/mol. The Balaban J connectivity index is 2.09. The molecule has 0 aliphatic carbocycles. The first-order valence-electron chi connectivity index (χ1n) is 6.26. The molecule has 3 aromatic carbocycles. The van der Waals surface area contributed by atoms with Gasteiger partial charge in [-0.25, -0.2) is 0 Å². The molecule has 0 radical (unpaired) electrons. The third-order valence-corrected chi connectivity index (χ3v) is 3.57. The van der Waals surface area contributed by atoms with Crippen molar-refractivity contribution >= 4 is 38.1 Å². The molecule has 0 saturated heterocycles. The summed E-state index contributed by atoms with van der Waals surface area (Å²) in [5.41, 5.74) is 0.723. The molecule has 4 nitrogen and oxygen atoms in total. The van der Waals surface area contributed by atoms with Crippen molar-refractivity contribution in [1.82, 2.24) is 0 Å². The minimum absolute atomic E-state index is 0.0212. The van der Waals surface area contributed by atoms with E-state index in [0.717, 1.165) is 15.2 Å². The van der Waals surface area contributed by atoms with E-state index in [-0.39, 0.29) is 11.5 Å². The lowest BCUT2D eigenvalue weighted by molar-refractivity contribution is 0.474. The Morgan fingerprint density at radius 1 is 0.810 bits per heavy atom. The molecule has 2 N–H and O–H groups in total. The van der Waals surface area contributed by atoms with Crippen LogP contribution in [0.2, 0.25) is 0 Å². The van der Waals surface area contributed by atoms with Crippen LogP contribution in [0.5, 0.6) is 11.5 Å². The van der Waals surface area contributed by atoms with Crippen LogP contribution in [0.3, 0.4) is 0 Å². The lowest BCUT2D eigenvalue weighted by Crippen LogP contribution is -1.75. The van der Waals surface area contributed by atoms with Gasteiger partial charge in [0.2, 0.25) is 0 Å². The van der Waals surface area contributed by atoms with Gasteiger partial charge in [-0.3, -0.25) is 0 Å². The standard InChI is InChI=1S/C16H11BrN2O2/c17-11-6-7-13(15(21)9-11)18-19-16-12-4-2-1-3-10(12)5-8-14(16)20/h1-9,20-21H. The number of azo groups is 1. The largest absolute Gasteiger partial charge is 0.506 e. The quantitative estimate of drug-likeness (QED) is 0.610. The summed E-state index contributed by atoms with van der Waals surface area (Å²) in [5, 5.41) is 29.7. The van der Waals surface area contributed by atoms with Gasteiger partial charge >= 0.3 is 0 Å². The van der Waals surface area contributed by atoms with Crippen LogP contribution in [0.15, 0.2) is 69.3 Å². The first-order valence-corrected chi connectivity index (χ1v) is 7.05. The second-order valence-corrected chi connectivity index (χ2v) is 5.40. The fourth-order valence-electron chi connectivity index (χ4n) is 2.03. The number of nitrogens with zero attached hydrogens (tertiary/aromatic N) is 2. The van der Waals surface area contributed by atoms with Crippen LogP contribution in [-0.2, 0) is 0 Å². The molecule has 0 saturated carbocycles. The maximum atomic E-state index is 9.98. The number of hydrogen-bond donors (Lipinski definition) is 2. The molecule has 0 unspecified atom stereocenters. The highest BCUT2D eigenvalue weighted by molar-refractivity contribution is 9.10. The van der Waals surface area contributed by atoms with Crippen molar-refractivity contribution < 1.29 is 10.2 Å². The molecule has 0 spiro atoms. The van der Waals surface area contributed by atoms with Gasteiger partial charge in [0.25, 0.3) is 0 Å². The van der Waals surface area contributed by atoms with E-state index >= 15 is 0 Å². The molecule has 3 aromatic rings. The van der Waals surface area contributed by atoms with Gasteiger partial charge in [0.15, 0.2) is 0 Å². The zero-order valence-electron chi connectivity index (χ0n) is 10.9. The van der Waals surface area contributed by atoms with Crippen LogP contribution in [0.25, 0.3) is 10.8 Å². The summed E-state index contributed by atoms with van der Waals surface area (Å²) in [6.45, 7) is 0. The lowest BCUT2D eigenvalue weighted by atomic mass is 10.1. The molecule has 0 amide bonds. The molecule has 3 rings (SSSR count). The van der Waals surface area contributed by atoms with Crippen molar-refractivity contribution in [2.24, 2.45) is 10.2 Å². The van der Waals surface area contributed by atoms with E-state index in [4.69, 9.17) is 0 Å². The van der Waals surface area contributed by atoms with E-state index in [1.54, 1.807) is 18.2 Å². The first-order chi connectivity index (χ1) is 10.1. The predicted octanol–water partition coefficient (Wildman–Crippen LogP) is 5.43. The zero-order valence-corrected chi connectivity index (χ0v) is 12.4. The number of hydrogen-bond acceptors (Lipinski definition) is 4. The average molecular weight is 343 g/mol. The molecule has 0 bridgehead atoms. The summed E-state index contributed by atoms with van der Waals surface area (Å²) in [4.78, 5) is 0. The number of benzene rings is 3. The lowest BCUT2D eigenvalue weighted by Gasteiger charge is -2.04. The van der Waals surface area contributed by atoms with Gasteiger partial charge in [-0.15, -0.1) is 10.2 Å². The van der Waals surface area contributed by atoms with Crippen molar-refractivity contribution in [1.29, 1.82) is 0 Å². The smallest absolute Gasteiger partial charge is 0.144 e. The van der Waals surface area contributed by atoms with Crippen molar-refractivity contribution in [3.05, 3.63) is 59.1 Å². The molecule has 0 fully saturated rings. The average Bonchev–Trinajstić information content (AvgIpc) is 2.48. The number of fused-ring (bicyclic) bond motifs is 1. The topological polar surface area (TPSA) is 65.2 Å². The van der Waals surface area contributed by atoms with Gasteiger partial charge in [-0.1, -0.05) is 46.3 Å². The summed E-state index contributed by atoms with van der Waals surface area (Å²) >= 11 is 3.26. The number of aromatic hydroxyl groups is 2.